The maximum atomic E-state index is 12.3. The molecular weight excluding hydrogens is 302 g/mol. The molecule has 2 amide bonds. The Kier molecular flexibility index (Phi) is 5.21. The molecule has 1 N–H and O–H groups in total. The largest absolute Gasteiger partial charge is 0.355 e. The fourth-order valence-corrected chi connectivity index (χ4v) is 3.42. The van der Waals surface area contributed by atoms with Crippen molar-refractivity contribution in [3.8, 4) is 0 Å². The van der Waals surface area contributed by atoms with E-state index in [4.69, 9.17) is 0 Å². The van der Waals surface area contributed by atoms with E-state index in [-0.39, 0.29) is 6.03 Å². The number of amides is 2. The number of urea groups is 1. The summed E-state index contributed by atoms with van der Waals surface area (Å²) in [4.78, 5) is 16.4. The molecule has 132 valence electrons. The van der Waals surface area contributed by atoms with Crippen LogP contribution in [0, 0.1) is 18.8 Å². The van der Waals surface area contributed by atoms with Gasteiger partial charge >= 0.3 is 6.03 Å². The first-order valence-electron chi connectivity index (χ1n) is 9.10. The van der Waals surface area contributed by atoms with Gasteiger partial charge in [0.15, 0.2) is 5.82 Å². The maximum absolute atomic E-state index is 12.3. The lowest BCUT2D eigenvalue weighted by Crippen LogP contribution is -2.49. The van der Waals surface area contributed by atoms with Crippen molar-refractivity contribution in [1.29, 1.82) is 0 Å². The summed E-state index contributed by atoms with van der Waals surface area (Å²) in [6.45, 7) is 6.60. The number of hydrogen-bond donors (Lipinski definition) is 1. The molecule has 1 aliphatic carbocycles. The molecule has 2 aliphatic rings. The third-order valence-corrected chi connectivity index (χ3v) is 5.45. The van der Waals surface area contributed by atoms with Crippen LogP contribution in [-0.2, 0) is 0 Å². The van der Waals surface area contributed by atoms with Crippen LogP contribution in [0.4, 0.5) is 10.6 Å². The number of carbonyl (C=O) groups is 1. The molecule has 0 bridgehead atoms. The third kappa shape index (κ3) is 4.16. The number of nitrogens with zero attached hydrogens (tertiary/aromatic N) is 4. The summed E-state index contributed by atoms with van der Waals surface area (Å²) in [5, 5.41) is 11.5. The summed E-state index contributed by atoms with van der Waals surface area (Å²) in [7, 11) is 2.07. The van der Waals surface area contributed by atoms with E-state index in [0.717, 1.165) is 49.9 Å². The van der Waals surface area contributed by atoms with E-state index >= 15 is 0 Å². The summed E-state index contributed by atoms with van der Waals surface area (Å²) in [6, 6.07) is 4.51. The predicted molar refractivity (Wildman–Crippen MR) is 95.1 cm³/mol. The zero-order chi connectivity index (χ0) is 17.1. The number of likely N-dealkylation sites (tertiary alicyclic amines) is 1. The number of hydrogen-bond acceptors (Lipinski definition) is 4. The Balaban J connectivity index is 1.44. The lowest BCUT2D eigenvalue weighted by Gasteiger charge is -2.37. The van der Waals surface area contributed by atoms with Gasteiger partial charge in [-0.25, -0.2) is 4.79 Å². The summed E-state index contributed by atoms with van der Waals surface area (Å²) >= 11 is 0. The Morgan fingerprint density at radius 2 is 2.00 bits per heavy atom. The number of aromatic nitrogens is 2. The summed E-state index contributed by atoms with van der Waals surface area (Å²) < 4.78 is 0. The predicted octanol–water partition coefficient (Wildman–Crippen LogP) is 2.44. The summed E-state index contributed by atoms with van der Waals surface area (Å²) in [5.41, 5.74) is 0.930. The monoisotopic (exact) mass is 331 g/mol. The number of carbonyl (C=O) groups excluding carboxylic acids is 1. The first kappa shape index (κ1) is 17.0. The van der Waals surface area contributed by atoms with Gasteiger partial charge in [-0.2, -0.15) is 5.10 Å². The molecule has 1 unspecified atom stereocenters. The fraction of sp³-hybridized carbons (Fsp3) is 0.722. The number of nitrogens with one attached hydrogen (secondary N) is 1. The van der Waals surface area contributed by atoms with E-state index in [9.17, 15) is 4.79 Å². The zero-order valence-corrected chi connectivity index (χ0v) is 15.0. The second kappa shape index (κ2) is 7.36. The van der Waals surface area contributed by atoms with Crippen LogP contribution in [-0.4, -0.2) is 53.9 Å². The average molecular weight is 331 g/mol. The van der Waals surface area contributed by atoms with E-state index < -0.39 is 0 Å². The molecule has 0 spiro atoms. The Morgan fingerprint density at radius 1 is 1.29 bits per heavy atom. The van der Waals surface area contributed by atoms with Gasteiger partial charge in [-0.05, 0) is 56.6 Å². The summed E-state index contributed by atoms with van der Waals surface area (Å²) in [5.74, 6) is 2.35. The molecule has 2 fully saturated rings. The van der Waals surface area contributed by atoms with E-state index in [1.54, 1.807) is 0 Å². The second-order valence-electron chi connectivity index (χ2n) is 7.36. The minimum absolute atomic E-state index is 0.0960. The first-order chi connectivity index (χ1) is 11.5. The van der Waals surface area contributed by atoms with E-state index in [1.165, 1.54) is 12.8 Å². The molecule has 1 saturated heterocycles. The van der Waals surface area contributed by atoms with Crippen molar-refractivity contribution in [2.24, 2.45) is 11.8 Å². The van der Waals surface area contributed by atoms with E-state index in [2.05, 4.69) is 34.4 Å². The zero-order valence-electron chi connectivity index (χ0n) is 15.0. The van der Waals surface area contributed by atoms with Crippen molar-refractivity contribution in [1.82, 2.24) is 20.4 Å². The summed E-state index contributed by atoms with van der Waals surface area (Å²) in [6.07, 6.45) is 4.60. The van der Waals surface area contributed by atoms with Crippen molar-refractivity contribution in [2.75, 3.05) is 31.6 Å². The highest BCUT2D eigenvalue weighted by atomic mass is 16.2. The van der Waals surface area contributed by atoms with Gasteiger partial charge in [0.1, 0.15) is 0 Å². The molecule has 1 aromatic heterocycles. The SMILES string of the molecule is Cc1ccc(N(C)C2CCN(C(=O)NCC(C)C3CC3)CC2)nn1. The van der Waals surface area contributed by atoms with Gasteiger partial charge in [0.2, 0.25) is 0 Å². The van der Waals surface area contributed by atoms with Gasteiger partial charge in [0, 0.05) is 32.7 Å². The standard InChI is InChI=1S/C18H29N5O/c1-13(15-5-6-15)12-19-18(24)23-10-8-16(9-11-23)22(3)17-7-4-14(2)20-21-17/h4,7,13,15-16H,5-6,8-12H2,1-3H3,(H,19,24). The smallest absolute Gasteiger partial charge is 0.317 e. The van der Waals surface area contributed by atoms with Crippen LogP contribution in [0.1, 0.15) is 38.3 Å². The number of piperidine rings is 1. The van der Waals surface area contributed by atoms with Gasteiger partial charge in [-0.15, -0.1) is 5.10 Å². The van der Waals surface area contributed by atoms with Crippen LogP contribution in [0.3, 0.4) is 0 Å². The van der Waals surface area contributed by atoms with Crippen LogP contribution >= 0.6 is 0 Å². The molecule has 0 aromatic carbocycles. The molecule has 0 radical (unpaired) electrons. The minimum Gasteiger partial charge on any atom is -0.355 e. The van der Waals surface area contributed by atoms with Crippen molar-refractivity contribution in [3.63, 3.8) is 0 Å². The van der Waals surface area contributed by atoms with Crippen LogP contribution < -0.4 is 10.2 Å². The molecule has 1 saturated carbocycles. The van der Waals surface area contributed by atoms with Gasteiger partial charge in [0.25, 0.3) is 0 Å². The second-order valence-corrected chi connectivity index (χ2v) is 7.36. The van der Waals surface area contributed by atoms with Gasteiger partial charge in [0.05, 0.1) is 5.69 Å². The topological polar surface area (TPSA) is 61.4 Å². The Labute approximate surface area is 144 Å². The highest BCUT2D eigenvalue weighted by Crippen LogP contribution is 2.36. The molecule has 2 heterocycles. The van der Waals surface area contributed by atoms with Crippen molar-refractivity contribution < 1.29 is 4.79 Å². The Bertz CT molecular complexity index is 549. The average Bonchev–Trinajstić information content (AvgIpc) is 3.45. The Morgan fingerprint density at radius 3 is 2.58 bits per heavy atom. The van der Waals surface area contributed by atoms with Crippen LogP contribution in [0.25, 0.3) is 0 Å². The lowest BCUT2D eigenvalue weighted by atomic mass is 10.0. The Hall–Kier alpha value is -1.85. The molecule has 1 aromatic rings. The van der Waals surface area contributed by atoms with E-state index in [0.29, 0.717) is 12.0 Å². The molecule has 6 nitrogen and oxygen atoms in total. The van der Waals surface area contributed by atoms with Crippen molar-refractivity contribution in [2.45, 2.75) is 45.6 Å². The van der Waals surface area contributed by atoms with Crippen LogP contribution in [0.5, 0.6) is 0 Å². The van der Waals surface area contributed by atoms with Gasteiger partial charge in [-0.1, -0.05) is 6.92 Å². The van der Waals surface area contributed by atoms with Gasteiger partial charge < -0.3 is 15.1 Å². The van der Waals surface area contributed by atoms with Crippen molar-refractivity contribution in [3.05, 3.63) is 17.8 Å². The molecule has 1 atom stereocenters. The quantitative estimate of drug-likeness (QED) is 0.900. The third-order valence-electron chi connectivity index (χ3n) is 5.45. The number of anilines is 1. The molecule has 6 heteroatoms. The molecular formula is C18H29N5O. The minimum atomic E-state index is 0.0960. The lowest BCUT2D eigenvalue weighted by molar-refractivity contribution is 0.179. The normalized spacial score (nSPS) is 19.9. The first-order valence-corrected chi connectivity index (χ1v) is 9.10. The van der Waals surface area contributed by atoms with Crippen molar-refractivity contribution >= 4 is 11.8 Å². The van der Waals surface area contributed by atoms with E-state index in [1.807, 2.05) is 24.0 Å². The van der Waals surface area contributed by atoms with Gasteiger partial charge in [-0.3, -0.25) is 0 Å². The molecule has 24 heavy (non-hydrogen) atoms. The molecule has 1 aliphatic heterocycles. The highest BCUT2D eigenvalue weighted by Gasteiger charge is 2.29. The van der Waals surface area contributed by atoms with Crippen LogP contribution in [0.15, 0.2) is 12.1 Å². The number of rotatable bonds is 5. The molecule has 3 rings (SSSR count). The fourth-order valence-electron chi connectivity index (χ4n) is 3.42. The number of aryl methyl sites for hydroxylation is 1. The highest BCUT2D eigenvalue weighted by molar-refractivity contribution is 5.74. The van der Waals surface area contributed by atoms with Crippen LogP contribution in [0.2, 0.25) is 0 Å². The maximum Gasteiger partial charge on any atom is 0.317 e.